The van der Waals surface area contributed by atoms with Crippen molar-refractivity contribution in [2.24, 2.45) is 0 Å². The molecule has 2 rings (SSSR count). The van der Waals surface area contributed by atoms with Gasteiger partial charge in [-0.25, -0.2) is 0 Å². The van der Waals surface area contributed by atoms with Crippen molar-refractivity contribution in [2.45, 2.75) is 6.54 Å². The third kappa shape index (κ3) is 3.59. The van der Waals surface area contributed by atoms with E-state index in [1.54, 1.807) is 0 Å². The summed E-state index contributed by atoms with van der Waals surface area (Å²) in [6, 6.07) is 4.32. The third-order valence-electron chi connectivity index (χ3n) is 2.82. The van der Waals surface area contributed by atoms with Crippen molar-refractivity contribution in [1.29, 1.82) is 0 Å². The van der Waals surface area contributed by atoms with Gasteiger partial charge in [0.25, 0.3) is 0 Å². The molecule has 0 aliphatic carbocycles. The molecule has 1 aromatic heterocycles. The van der Waals surface area contributed by atoms with Crippen LogP contribution in [0.3, 0.4) is 0 Å². The molecule has 0 N–H and O–H groups in total. The van der Waals surface area contributed by atoms with Gasteiger partial charge in [-0.05, 0) is 11.4 Å². The van der Waals surface area contributed by atoms with Gasteiger partial charge in [-0.2, -0.15) is 0 Å². The average Bonchev–Trinajstić information content (AvgIpc) is 2.73. The summed E-state index contributed by atoms with van der Waals surface area (Å²) in [7, 11) is 0. The van der Waals surface area contributed by atoms with Crippen molar-refractivity contribution in [3.63, 3.8) is 0 Å². The molecule has 1 fully saturated rings. The van der Waals surface area contributed by atoms with Gasteiger partial charge >= 0.3 is 0 Å². The van der Waals surface area contributed by atoms with Crippen LogP contribution in [0.4, 0.5) is 0 Å². The van der Waals surface area contributed by atoms with E-state index in [0.717, 1.165) is 44.3 Å². The zero-order valence-corrected chi connectivity index (χ0v) is 10.9. The normalized spacial score (nSPS) is 18.8. The Bertz CT molecular complexity index is 329. The van der Waals surface area contributed by atoms with Crippen LogP contribution < -0.4 is 0 Å². The molecular formula is C12H17ClN2S. The van der Waals surface area contributed by atoms with E-state index in [1.807, 2.05) is 11.3 Å². The largest absolute Gasteiger partial charge is 0.296 e. The first-order valence-corrected chi connectivity index (χ1v) is 6.80. The van der Waals surface area contributed by atoms with E-state index < -0.39 is 0 Å². The van der Waals surface area contributed by atoms with Crippen molar-refractivity contribution in [2.75, 3.05) is 32.7 Å². The standard InChI is InChI=1S/C12H17ClN2S/c1-11(13)9-14-4-6-15(7-5-14)10-12-3-2-8-16-12/h2-3,8H,1,4-7,9-10H2. The van der Waals surface area contributed by atoms with E-state index in [0.29, 0.717) is 0 Å². The van der Waals surface area contributed by atoms with Crippen molar-refractivity contribution in [3.05, 3.63) is 34.0 Å². The fourth-order valence-corrected chi connectivity index (χ4v) is 2.89. The smallest absolute Gasteiger partial charge is 0.0336 e. The molecule has 1 aromatic rings. The van der Waals surface area contributed by atoms with Gasteiger partial charge in [-0.15, -0.1) is 11.3 Å². The van der Waals surface area contributed by atoms with Gasteiger partial charge in [-0.3, -0.25) is 9.80 Å². The van der Waals surface area contributed by atoms with E-state index in [9.17, 15) is 0 Å². The average molecular weight is 257 g/mol. The second-order valence-corrected chi connectivity index (χ2v) is 5.72. The fraction of sp³-hybridized carbons (Fsp3) is 0.500. The van der Waals surface area contributed by atoms with Crippen LogP contribution in [-0.2, 0) is 6.54 Å². The molecule has 0 atom stereocenters. The van der Waals surface area contributed by atoms with Crippen LogP contribution >= 0.6 is 22.9 Å². The van der Waals surface area contributed by atoms with Gasteiger partial charge in [0.05, 0.1) is 0 Å². The van der Waals surface area contributed by atoms with Gasteiger partial charge in [0.2, 0.25) is 0 Å². The lowest BCUT2D eigenvalue weighted by molar-refractivity contribution is 0.137. The maximum absolute atomic E-state index is 5.81. The summed E-state index contributed by atoms with van der Waals surface area (Å²) in [5, 5.41) is 2.88. The topological polar surface area (TPSA) is 6.48 Å². The molecule has 0 unspecified atom stereocenters. The Balaban J connectivity index is 1.75. The van der Waals surface area contributed by atoms with Crippen LogP contribution in [0.1, 0.15) is 4.88 Å². The Kier molecular flexibility index (Phi) is 4.41. The maximum atomic E-state index is 5.81. The number of thiophene rings is 1. The molecule has 1 aliphatic rings. The lowest BCUT2D eigenvalue weighted by Gasteiger charge is -2.34. The molecule has 1 aliphatic heterocycles. The molecule has 0 aromatic carbocycles. The minimum atomic E-state index is 0.742. The van der Waals surface area contributed by atoms with E-state index in [2.05, 4.69) is 33.9 Å². The molecule has 16 heavy (non-hydrogen) atoms. The molecule has 0 spiro atoms. The molecule has 4 heteroatoms. The summed E-state index contributed by atoms with van der Waals surface area (Å²) in [5.74, 6) is 0. The molecule has 0 bridgehead atoms. The molecule has 0 amide bonds. The van der Waals surface area contributed by atoms with Crippen LogP contribution in [0.5, 0.6) is 0 Å². The lowest BCUT2D eigenvalue weighted by Crippen LogP contribution is -2.46. The van der Waals surface area contributed by atoms with E-state index in [-0.39, 0.29) is 0 Å². The molecule has 2 nitrogen and oxygen atoms in total. The van der Waals surface area contributed by atoms with Gasteiger partial charge in [-0.1, -0.05) is 24.2 Å². The first kappa shape index (κ1) is 12.1. The SMILES string of the molecule is C=C(Cl)CN1CCN(Cc2cccs2)CC1. The highest BCUT2D eigenvalue weighted by molar-refractivity contribution is 7.09. The van der Waals surface area contributed by atoms with E-state index >= 15 is 0 Å². The molecule has 1 saturated heterocycles. The zero-order valence-electron chi connectivity index (χ0n) is 9.36. The van der Waals surface area contributed by atoms with Crippen LogP contribution in [0.2, 0.25) is 0 Å². The summed E-state index contributed by atoms with van der Waals surface area (Å²) in [4.78, 5) is 6.31. The summed E-state index contributed by atoms with van der Waals surface area (Å²) < 4.78 is 0. The second-order valence-electron chi connectivity index (χ2n) is 4.15. The van der Waals surface area contributed by atoms with Crippen LogP contribution in [0, 0.1) is 0 Å². The Morgan fingerprint density at radius 3 is 2.56 bits per heavy atom. The second kappa shape index (κ2) is 5.82. The minimum Gasteiger partial charge on any atom is -0.296 e. The van der Waals surface area contributed by atoms with Crippen LogP contribution in [-0.4, -0.2) is 42.5 Å². The van der Waals surface area contributed by atoms with Gasteiger partial charge < -0.3 is 0 Å². The third-order valence-corrected chi connectivity index (χ3v) is 3.80. The molecule has 2 heterocycles. The van der Waals surface area contributed by atoms with Crippen molar-refractivity contribution in [1.82, 2.24) is 9.80 Å². The molecule has 0 radical (unpaired) electrons. The molecular weight excluding hydrogens is 240 g/mol. The quantitative estimate of drug-likeness (QED) is 0.817. The summed E-state index contributed by atoms with van der Waals surface area (Å²) in [6.45, 7) is 10.1. The Labute approximate surface area is 106 Å². The number of hydrogen-bond donors (Lipinski definition) is 0. The molecule has 88 valence electrons. The van der Waals surface area contributed by atoms with Crippen molar-refractivity contribution >= 4 is 22.9 Å². The highest BCUT2D eigenvalue weighted by Gasteiger charge is 2.17. The lowest BCUT2D eigenvalue weighted by atomic mass is 10.3. The van der Waals surface area contributed by atoms with E-state index in [1.165, 1.54) is 4.88 Å². The zero-order chi connectivity index (χ0) is 11.4. The monoisotopic (exact) mass is 256 g/mol. The number of hydrogen-bond acceptors (Lipinski definition) is 3. The highest BCUT2D eigenvalue weighted by Crippen LogP contribution is 2.14. The van der Waals surface area contributed by atoms with Crippen LogP contribution in [0.15, 0.2) is 29.1 Å². The van der Waals surface area contributed by atoms with Crippen LogP contribution in [0.25, 0.3) is 0 Å². The molecule has 0 saturated carbocycles. The summed E-state index contributed by atoms with van der Waals surface area (Å²) in [5.41, 5.74) is 0. The first-order valence-electron chi connectivity index (χ1n) is 5.54. The predicted octanol–water partition coefficient (Wildman–Crippen LogP) is 2.62. The minimum absolute atomic E-state index is 0.742. The Morgan fingerprint density at radius 1 is 1.31 bits per heavy atom. The maximum Gasteiger partial charge on any atom is 0.0336 e. The highest BCUT2D eigenvalue weighted by atomic mass is 35.5. The van der Waals surface area contributed by atoms with Gasteiger partial charge in [0, 0.05) is 49.2 Å². The number of piperazine rings is 1. The number of halogens is 1. The van der Waals surface area contributed by atoms with Gasteiger partial charge in [0.15, 0.2) is 0 Å². The van der Waals surface area contributed by atoms with Gasteiger partial charge in [0.1, 0.15) is 0 Å². The summed E-state index contributed by atoms with van der Waals surface area (Å²) in [6.07, 6.45) is 0. The predicted molar refractivity (Wildman–Crippen MR) is 71.0 cm³/mol. The van der Waals surface area contributed by atoms with E-state index in [4.69, 9.17) is 11.6 Å². The number of rotatable bonds is 4. The Morgan fingerprint density at radius 2 is 2.00 bits per heavy atom. The Hall–Kier alpha value is -0.350. The van der Waals surface area contributed by atoms with Crippen molar-refractivity contribution < 1.29 is 0 Å². The van der Waals surface area contributed by atoms with Crippen molar-refractivity contribution in [3.8, 4) is 0 Å². The number of nitrogens with zero attached hydrogens (tertiary/aromatic N) is 2. The first-order chi connectivity index (χ1) is 7.74. The fourth-order valence-electron chi connectivity index (χ4n) is 1.97. The summed E-state index contributed by atoms with van der Waals surface area (Å²) >= 11 is 7.65.